The topological polar surface area (TPSA) is 80.8 Å². The van der Waals surface area contributed by atoms with Crippen LogP contribution in [0.5, 0.6) is 0 Å². The van der Waals surface area contributed by atoms with Gasteiger partial charge >= 0.3 is 5.97 Å². The minimum atomic E-state index is -3.75. The van der Waals surface area contributed by atoms with E-state index in [2.05, 4.69) is 0 Å². The molecule has 160 valence electrons. The molecule has 0 amide bonds. The van der Waals surface area contributed by atoms with Crippen LogP contribution in [0.4, 0.5) is 0 Å². The molecule has 0 N–H and O–H groups in total. The molecule has 4 rings (SSSR count). The Hall–Kier alpha value is -2.81. The van der Waals surface area contributed by atoms with Crippen LogP contribution < -0.4 is 0 Å². The smallest absolute Gasteiger partial charge is 0.308 e. The van der Waals surface area contributed by atoms with Crippen molar-refractivity contribution in [1.29, 1.82) is 0 Å². The van der Waals surface area contributed by atoms with Gasteiger partial charge in [0.2, 0.25) is 0 Å². The second-order valence-corrected chi connectivity index (χ2v) is 10.2. The van der Waals surface area contributed by atoms with Crippen molar-refractivity contribution in [2.24, 2.45) is 0 Å². The Morgan fingerprint density at radius 1 is 1.00 bits per heavy atom. The van der Waals surface area contributed by atoms with Gasteiger partial charge in [0.05, 0.1) is 12.5 Å². The maximum absolute atomic E-state index is 13.2. The van der Waals surface area contributed by atoms with E-state index < -0.39 is 22.0 Å². The summed E-state index contributed by atoms with van der Waals surface area (Å²) in [5.41, 5.74) is 2.26. The molecular formula is C23H21NO5S2. The molecule has 31 heavy (non-hydrogen) atoms. The molecule has 1 atom stereocenters. The highest BCUT2D eigenvalue weighted by atomic mass is 32.2. The van der Waals surface area contributed by atoms with Gasteiger partial charge < -0.3 is 4.74 Å². The van der Waals surface area contributed by atoms with Crippen LogP contribution in [-0.4, -0.2) is 37.6 Å². The van der Waals surface area contributed by atoms with Crippen LogP contribution in [-0.2, 0) is 26.0 Å². The predicted octanol–water partition coefficient (Wildman–Crippen LogP) is 3.85. The minimum absolute atomic E-state index is 0.163. The molecule has 6 nitrogen and oxygen atoms in total. The maximum Gasteiger partial charge on any atom is 0.308 e. The van der Waals surface area contributed by atoms with Crippen LogP contribution in [0.15, 0.2) is 76.3 Å². The van der Waals surface area contributed by atoms with Gasteiger partial charge in [-0.3, -0.25) is 9.59 Å². The van der Waals surface area contributed by atoms with E-state index in [1.54, 1.807) is 47.8 Å². The Balaban J connectivity index is 1.54. The summed E-state index contributed by atoms with van der Waals surface area (Å²) in [6, 6.07) is 18.7. The number of rotatable bonds is 7. The number of thiophene rings is 1. The zero-order valence-electron chi connectivity index (χ0n) is 16.6. The van der Waals surface area contributed by atoms with Crippen molar-refractivity contribution in [3.8, 4) is 0 Å². The molecule has 1 unspecified atom stereocenters. The SMILES string of the molecule is O=C(CC1c2ccccc2CCN1S(=O)(=O)c1cccs1)OCC(=O)c1ccccc1. The first-order chi connectivity index (χ1) is 15.0. The lowest BCUT2D eigenvalue weighted by molar-refractivity contribution is -0.143. The van der Waals surface area contributed by atoms with Crippen LogP contribution in [0.3, 0.4) is 0 Å². The average Bonchev–Trinajstić information content (AvgIpc) is 3.34. The van der Waals surface area contributed by atoms with Crippen LogP contribution in [0.1, 0.15) is 33.9 Å². The molecule has 0 radical (unpaired) electrons. The van der Waals surface area contributed by atoms with Gasteiger partial charge in [0, 0.05) is 12.1 Å². The number of ether oxygens (including phenoxy) is 1. The van der Waals surface area contributed by atoms with Crippen molar-refractivity contribution < 1.29 is 22.7 Å². The molecule has 3 aromatic rings. The molecule has 1 aliphatic rings. The molecule has 2 aromatic carbocycles. The van der Waals surface area contributed by atoms with Gasteiger partial charge in [-0.25, -0.2) is 8.42 Å². The molecule has 0 saturated carbocycles. The normalized spacial score (nSPS) is 16.5. The molecule has 8 heteroatoms. The number of fused-ring (bicyclic) bond motifs is 1. The summed E-state index contributed by atoms with van der Waals surface area (Å²) in [5, 5.41) is 1.71. The van der Waals surface area contributed by atoms with Crippen molar-refractivity contribution in [3.05, 3.63) is 88.8 Å². The van der Waals surface area contributed by atoms with Gasteiger partial charge in [-0.2, -0.15) is 4.31 Å². The Morgan fingerprint density at radius 2 is 1.74 bits per heavy atom. The third-order valence-corrected chi connectivity index (χ3v) is 8.52. The van der Waals surface area contributed by atoms with Gasteiger partial charge in [0.15, 0.2) is 12.4 Å². The molecule has 0 spiro atoms. The quantitative estimate of drug-likeness (QED) is 0.399. The number of ketones is 1. The standard InChI is InChI=1S/C23H21NO5S2/c25-21(18-8-2-1-3-9-18)16-29-22(26)15-20-19-10-5-4-7-17(19)12-13-24(20)31(27,28)23-11-6-14-30-23/h1-11,14,20H,12-13,15-16H2. The number of carbonyl (C=O) groups excluding carboxylic acids is 2. The first-order valence-electron chi connectivity index (χ1n) is 9.84. The number of hydrogen-bond acceptors (Lipinski definition) is 6. The lowest BCUT2D eigenvalue weighted by Crippen LogP contribution is -2.41. The highest BCUT2D eigenvalue weighted by molar-refractivity contribution is 7.91. The molecule has 2 heterocycles. The first-order valence-corrected chi connectivity index (χ1v) is 12.2. The monoisotopic (exact) mass is 455 g/mol. The van der Waals surface area contributed by atoms with Crippen LogP contribution in [0.2, 0.25) is 0 Å². The summed E-state index contributed by atoms with van der Waals surface area (Å²) in [6.45, 7) is -0.104. The summed E-state index contributed by atoms with van der Waals surface area (Å²) in [7, 11) is -3.75. The van der Waals surface area contributed by atoms with Gasteiger partial charge in [0.1, 0.15) is 4.21 Å². The van der Waals surface area contributed by atoms with E-state index in [1.165, 1.54) is 4.31 Å². The Labute approximate surface area is 185 Å². The van der Waals surface area contributed by atoms with E-state index in [9.17, 15) is 18.0 Å². The summed E-state index contributed by atoms with van der Waals surface area (Å²) in [5.74, 6) is -0.918. The van der Waals surface area contributed by atoms with Crippen molar-refractivity contribution >= 4 is 33.1 Å². The number of carbonyl (C=O) groups is 2. The third kappa shape index (κ3) is 4.61. The molecule has 1 aromatic heterocycles. The number of Topliss-reactive ketones (excluding diaryl/α,β-unsaturated/α-hetero) is 1. The van der Waals surface area contributed by atoms with Crippen molar-refractivity contribution in [2.75, 3.05) is 13.2 Å². The number of esters is 1. The Bertz CT molecular complexity index is 1170. The van der Waals surface area contributed by atoms with E-state index >= 15 is 0 Å². The highest BCUT2D eigenvalue weighted by Gasteiger charge is 2.38. The molecule has 0 aliphatic carbocycles. The molecule has 0 fully saturated rings. The van der Waals surface area contributed by atoms with E-state index in [4.69, 9.17) is 4.74 Å². The van der Waals surface area contributed by atoms with Crippen LogP contribution in [0.25, 0.3) is 0 Å². The Kier molecular flexibility index (Phi) is 6.31. The highest BCUT2D eigenvalue weighted by Crippen LogP contribution is 2.37. The van der Waals surface area contributed by atoms with Gasteiger partial charge in [-0.05, 0) is 29.0 Å². The van der Waals surface area contributed by atoms with Gasteiger partial charge in [-0.15, -0.1) is 11.3 Å². The first kappa shape index (κ1) is 21.4. The summed E-state index contributed by atoms with van der Waals surface area (Å²) in [6.07, 6.45) is 0.405. The fourth-order valence-corrected chi connectivity index (χ4v) is 6.45. The van der Waals surface area contributed by atoms with E-state index in [-0.39, 0.29) is 29.6 Å². The Morgan fingerprint density at radius 3 is 2.48 bits per heavy atom. The zero-order valence-corrected chi connectivity index (χ0v) is 18.3. The molecule has 0 saturated heterocycles. The summed E-state index contributed by atoms with van der Waals surface area (Å²) in [4.78, 5) is 24.9. The average molecular weight is 456 g/mol. The minimum Gasteiger partial charge on any atom is -0.457 e. The second kappa shape index (κ2) is 9.13. The van der Waals surface area contributed by atoms with Gasteiger partial charge in [0.25, 0.3) is 10.0 Å². The zero-order chi connectivity index (χ0) is 21.8. The number of hydrogen-bond donors (Lipinski definition) is 0. The van der Waals surface area contributed by atoms with E-state index in [0.717, 1.165) is 22.5 Å². The van der Waals surface area contributed by atoms with Crippen LogP contribution in [0, 0.1) is 0 Å². The van der Waals surface area contributed by atoms with E-state index in [0.29, 0.717) is 12.0 Å². The number of sulfonamides is 1. The third-order valence-electron chi connectivity index (χ3n) is 5.24. The maximum atomic E-state index is 13.2. The molecule has 1 aliphatic heterocycles. The van der Waals surface area contributed by atoms with E-state index in [1.807, 2.05) is 24.3 Å². The van der Waals surface area contributed by atoms with Crippen molar-refractivity contribution in [2.45, 2.75) is 23.1 Å². The molecular weight excluding hydrogens is 434 g/mol. The number of benzene rings is 2. The lowest BCUT2D eigenvalue weighted by atomic mass is 9.92. The lowest BCUT2D eigenvalue weighted by Gasteiger charge is -2.35. The fraction of sp³-hybridized carbons (Fsp3) is 0.217. The fourth-order valence-electron chi connectivity index (χ4n) is 3.72. The number of nitrogens with zero attached hydrogens (tertiary/aromatic N) is 1. The van der Waals surface area contributed by atoms with Crippen molar-refractivity contribution in [1.82, 2.24) is 4.31 Å². The van der Waals surface area contributed by atoms with Gasteiger partial charge in [-0.1, -0.05) is 60.7 Å². The van der Waals surface area contributed by atoms with Crippen LogP contribution >= 0.6 is 11.3 Å². The molecule has 0 bridgehead atoms. The largest absolute Gasteiger partial charge is 0.457 e. The predicted molar refractivity (Wildman–Crippen MR) is 117 cm³/mol. The summed E-state index contributed by atoms with van der Waals surface area (Å²) < 4.78 is 33.3. The second-order valence-electron chi connectivity index (χ2n) is 7.17. The van der Waals surface area contributed by atoms with Crippen molar-refractivity contribution in [3.63, 3.8) is 0 Å². The summed E-state index contributed by atoms with van der Waals surface area (Å²) >= 11 is 1.15.